The predicted octanol–water partition coefficient (Wildman–Crippen LogP) is 2.07. The van der Waals surface area contributed by atoms with Gasteiger partial charge >= 0.3 is 0 Å². The van der Waals surface area contributed by atoms with Crippen molar-refractivity contribution in [2.75, 3.05) is 6.61 Å². The van der Waals surface area contributed by atoms with Gasteiger partial charge in [0.05, 0.1) is 25.6 Å². The maximum atomic E-state index is 9.11. The van der Waals surface area contributed by atoms with E-state index in [1.165, 1.54) is 11.3 Å². The molecule has 0 bridgehead atoms. The smallest absolute Gasteiger partial charge is 0.105 e. The Morgan fingerprint density at radius 3 is 3.24 bits per heavy atom. The lowest BCUT2D eigenvalue weighted by molar-refractivity contribution is 0.266. The minimum Gasteiger partial charge on any atom is -0.469 e. The van der Waals surface area contributed by atoms with Gasteiger partial charge in [-0.3, -0.25) is 4.68 Å². The number of aliphatic hydroxyl groups is 1. The van der Waals surface area contributed by atoms with Gasteiger partial charge in [0.1, 0.15) is 5.76 Å². The number of rotatable bonds is 6. The molecule has 0 spiro atoms. The lowest BCUT2D eigenvalue weighted by atomic mass is 9.92. The Morgan fingerprint density at radius 1 is 1.57 bits per heavy atom. The minimum absolute atomic E-state index is 0.140. The number of aromatic nitrogens is 2. The molecule has 2 aromatic rings. The van der Waals surface area contributed by atoms with E-state index in [4.69, 9.17) is 9.52 Å². The molecule has 2 aromatic heterocycles. The van der Waals surface area contributed by atoms with E-state index in [2.05, 4.69) is 17.3 Å². The van der Waals surface area contributed by atoms with Crippen LogP contribution in [0.3, 0.4) is 0 Å². The summed E-state index contributed by atoms with van der Waals surface area (Å²) in [4.78, 5) is 0. The normalized spacial score (nSPS) is 19.4. The quantitative estimate of drug-likeness (QED) is 0.854. The summed E-state index contributed by atoms with van der Waals surface area (Å²) in [5, 5.41) is 17.2. The van der Waals surface area contributed by atoms with Crippen LogP contribution in [0.5, 0.6) is 0 Å². The Bertz CT molecular complexity index is 562. The van der Waals surface area contributed by atoms with Crippen LogP contribution in [0.25, 0.3) is 0 Å². The average molecular weight is 289 g/mol. The van der Waals surface area contributed by atoms with Gasteiger partial charge in [-0.2, -0.15) is 5.10 Å². The first-order valence-electron chi connectivity index (χ1n) is 7.72. The van der Waals surface area contributed by atoms with Gasteiger partial charge in [-0.1, -0.05) is 0 Å². The molecule has 1 aliphatic rings. The van der Waals surface area contributed by atoms with Gasteiger partial charge in [0.2, 0.25) is 0 Å². The van der Waals surface area contributed by atoms with Crippen molar-refractivity contribution in [1.29, 1.82) is 0 Å². The van der Waals surface area contributed by atoms with Gasteiger partial charge in [-0.25, -0.2) is 0 Å². The summed E-state index contributed by atoms with van der Waals surface area (Å²) in [5.74, 6) is 1.02. The highest BCUT2D eigenvalue weighted by Gasteiger charge is 2.25. The second kappa shape index (κ2) is 6.45. The number of nitrogens with zero attached hydrogens (tertiary/aromatic N) is 2. The molecular weight excluding hydrogens is 266 g/mol. The van der Waals surface area contributed by atoms with Crippen LogP contribution in [-0.2, 0) is 19.4 Å². The molecule has 0 aliphatic heterocycles. The predicted molar refractivity (Wildman–Crippen MR) is 80.0 cm³/mol. The second-order valence-electron chi connectivity index (χ2n) is 5.79. The Morgan fingerprint density at radius 2 is 2.48 bits per heavy atom. The number of hydrogen-bond acceptors (Lipinski definition) is 4. The standard InChI is InChI=1S/C16H23N3O2/c1-12(10-13-4-3-9-21-13)18-15-5-2-6-16-14(15)11-17-19(16)7-8-20/h3-4,9,11-12,15,18,20H,2,5-8,10H2,1H3. The number of fused-ring (bicyclic) bond motifs is 1. The van der Waals surface area contributed by atoms with Crippen molar-refractivity contribution < 1.29 is 9.52 Å². The Kier molecular flexibility index (Phi) is 4.41. The first kappa shape index (κ1) is 14.4. The van der Waals surface area contributed by atoms with Crippen molar-refractivity contribution in [3.05, 3.63) is 41.6 Å². The van der Waals surface area contributed by atoms with Gasteiger partial charge in [0.25, 0.3) is 0 Å². The molecular formula is C16H23N3O2. The molecule has 21 heavy (non-hydrogen) atoms. The molecule has 0 saturated heterocycles. The van der Waals surface area contributed by atoms with E-state index in [0.29, 0.717) is 18.6 Å². The lowest BCUT2D eigenvalue weighted by Crippen LogP contribution is -2.34. The topological polar surface area (TPSA) is 63.2 Å². The lowest BCUT2D eigenvalue weighted by Gasteiger charge is -2.27. The van der Waals surface area contributed by atoms with Crippen molar-refractivity contribution in [3.8, 4) is 0 Å². The third-order valence-corrected chi connectivity index (χ3v) is 4.15. The van der Waals surface area contributed by atoms with Crippen molar-refractivity contribution in [3.63, 3.8) is 0 Å². The van der Waals surface area contributed by atoms with Crippen LogP contribution in [-0.4, -0.2) is 27.5 Å². The summed E-state index contributed by atoms with van der Waals surface area (Å²) < 4.78 is 7.36. The average Bonchev–Trinajstić information content (AvgIpc) is 3.10. The van der Waals surface area contributed by atoms with E-state index in [1.54, 1.807) is 6.26 Å². The van der Waals surface area contributed by atoms with E-state index < -0.39 is 0 Å². The summed E-state index contributed by atoms with van der Waals surface area (Å²) in [6, 6.07) is 4.66. The molecule has 2 unspecified atom stereocenters. The zero-order valence-corrected chi connectivity index (χ0v) is 12.5. The van der Waals surface area contributed by atoms with Crippen LogP contribution in [0, 0.1) is 0 Å². The number of furan rings is 1. The van der Waals surface area contributed by atoms with Crippen molar-refractivity contribution in [1.82, 2.24) is 15.1 Å². The van der Waals surface area contributed by atoms with Gasteiger partial charge in [0.15, 0.2) is 0 Å². The highest BCUT2D eigenvalue weighted by molar-refractivity contribution is 5.25. The molecule has 1 aliphatic carbocycles. The highest BCUT2D eigenvalue weighted by Crippen LogP contribution is 2.30. The Labute approximate surface area is 125 Å². The first-order chi connectivity index (χ1) is 10.3. The van der Waals surface area contributed by atoms with Crippen LogP contribution < -0.4 is 5.32 Å². The molecule has 114 valence electrons. The molecule has 0 aromatic carbocycles. The fraction of sp³-hybridized carbons (Fsp3) is 0.562. The van der Waals surface area contributed by atoms with E-state index in [1.807, 2.05) is 23.0 Å². The molecule has 0 radical (unpaired) electrons. The summed E-state index contributed by atoms with van der Waals surface area (Å²) >= 11 is 0. The molecule has 2 heterocycles. The van der Waals surface area contributed by atoms with Crippen LogP contribution in [0.15, 0.2) is 29.0 Å². The molecule has 2 atom stereocenters. The Balaban J connectivity index is 1.67. The third-order valence-electron chi connectivity index (χ3n) is 4.15. The van der Waals surface area contributed by atoms with Crippen molar-refractivity contribution in [2.24, 2.45) is 0 Å². The van der Waals surface area contributed by atoms with Gasteiger partial charge in [0, 0.05) is 29.8 Å². The fourth-order valence-corrected chi connectivity index (χ4v) is 3.21. The first-order valence-corrected chi connectivity index (χ1v) is 7.72. The minimum atomic E-state index is 0.140. The van der Waals surface area contributed by atoms with E-state index in [0.717, 1.165) is 31.4 Å². The monoisotopic (exact) mass is 289 g/mol. The van der Waals surface area contributed by atoms with Crippen LogP contribution >= 0.6 is 0 Å². The maximum Gasteiger partial charge on any atom is 0.105 e. The SMILES string of the molecule is CC(Cc1ccco1)NC1CCCc2c1cnn2CCO. The summed E-state index contributed by atoms with van der Waals surface area (Å²) in [6.45, 7) is 2.92. The zero-order valence-electron chi connectivity index (χ0n) is 12.5. The number of hydrogen-bond donors (Lipinski definition) is 2. The van der Waals surface area contributed by atoms with E-state index in [9.17, 15) is 0 Å². The third kappa shape index (κ3) is 3.19. The summed E-state index contributed by atoms with van der Waals surface area (Å²) in [7, 11) is 0. The second-order valence-corrected chi connectivity index (χ2v) is 5.79. The zero-order chi connectivity index (χ0) is 14.7. The molecule has 2 N–H and O–H groups in total. The molecule has 5 nitrogen and oxygen atoms in total. The molecule has 0 fully saturated rings. The maximum absolute atomic E-state index is 9.11. The van der Waals surface area contributed by atoms with Gasteiger partial charge < -0.3 is 14.8 Å². The van der Waals surface area contributed by atoms with Gasteiger partial charge in [-0.05, 0) is 38.3 Å². The largest absolute Gasteiger partial charge is 0.469 e. The van der Waals surface area contributed by atoms with E-state index in [-0.39, 0.29) is 6.61 Å². The summed E-state index contributed by atoms with van der Waals surface area (Å²) in [5.41, 5.74) is 2.57. The molecule has 5 heteroatoms. The Hall–Kier alpha value is -1.59. The van der Waals surface area contributed by atoms with Crippen molar-refractivity contribution >= 4 is 0 Å². The highest BCUT2D eigenvalue weighted by atomic mass is 16.3. The van der Waals surface area contributed by atoms with Gasteiger partial charge in [-0.15, -0.1) is 0 Å². The molecule has 3 rings (SSSR count). The van der Waals surface area contributed by atoms with Crippen LogP contribution in [0.4, 0.5) is 0 Å². The number of aliphatic hydroxyl groups excluding tert-OH is 1. The van der Waals surface area contributed by atoms with Crippen LogP contribution in [0.1, 0.15) is 42.8 Å². The molecule has 0 amide bonds. The molecule has 0 saturated carbocycles. The van der Waals surface area contributed by atoms with Crippen LogP contribution in [0.2, 0.25) is 0 Å². The summed E-state index contributed by atoms with van der Waals surface area (Å²) in [6.07, 6.45) is 7.93. The number of nitrogens with one attached hydrogen (secondary N) is 1. The fourth-order valence-electron chi connectivity index (χ4n) is 3.21. The van der Waals surface area contributed by atoms with E-state index >= 15 is 0 Å². The van der Waals surface area contributed by atoms with Crippen molar-refractivity contribution in [2.45, 2.75) is 51.2 Å².